The van der Waals surface area contributed by atoms with Crippen LogP contribution in [0.15, 0.2) is 5.11 Å². The molecule has 0 saturated carbocycles. The second-order valence-corrected chi connectivity index (χ2v) is 63.4. The summed E-state index contributed by atoms with van der Waals surface area (Å²) in [5.74, 6) is 0. The van der Waals surface area contributed by atoms with Crippen LogP contribution in [0, 0.1) is 0 Å². The van der Waals surface area contributed by atoms with Crippen molar-refractivity contribution in [3.63, 3.8) is 0 Å². The maximum absolute atomic E-state index is 6.18. The van der Waals surface area contributed by atoms with E-state index in [1.165, 1.54) is 0 Å². The molecule has 0 radical (unpaired) electrons. The Morgan fingerprint density at radius 3 is 1.47 bits per heavy atom. The van der Waals surface area contributed by atoms with E-state index in [-0.39, 0.29) is 16.6 Å². The Morgan fingerprint density at radius 2 is 1.37 bits per heavy atom. The van der Waals surface area contributed by atoms with Crippen molar-refractivity contribution >= 4 is 73.7 Å². The first-order chi connectivity index (χ1) is 7.67. The molecule has 1 unspecified atom stereocenters. The quantitative estimate of drug-likeness (QED) is 0.144. The average molecular weight is 524 g/mol. The van der Waals surface area contributed by atoms with E-state index >= 15 is 0 Å². The summed E-state index contributed by atoms with van der Waals surface area (Å²) in [6, 6.07) is 0. The van der Waals surface area contributed by atoms with Gasteiger partial charge in [-0.1, -0.05) is 0 Å². The topological polar surface area (TPSA) is 15.4 Å². The molecule has 0 aliphatic carbocycles. The zero-order valence-electron chi connectivity index (χ0n) is 11.3. The van der Waals surface area contributed by atoms with Gasteiger partial charge in [-0.2, -0.15) is 0 Å². The fourth-order valence-electron chi connectivity index (χ4n) is 1.46. The number of hydrogen-bond acceptors (Lipinski definition) is 1. The first kappa shape index (κ1) is 21.4. The molecule has 1 rings (SSSR count). The molecule has 0 saturated heterocycles. The van der Waals surface area contributed by atoms with Gasteiger partial charge < -0.3 is 0 Å². The van der Waals surface area contributed by atoms with Crippen molar-refractivity contribution in [2.45, 2.75) is 57.6 Å². The van der Waals surface area contributed by atoms with E-state index in [1.54, 1.807) is 0 Å². The molecule has 118 valence electrons. The number of azo groups is 2. The van der Waals surface area contributed by atoms with Gasteiger partial charge in [-0.15, -0.1) is 4.70 Å². The van der Waals surface area contributed by atoms with Crippen LogP contribution in [0.2, 0.25) is 0 Å². The molecule has 19 heavy (non-hydrogen) atoms. The standard InChI is InChI=1S/C9H18ClN2.6ClH.Sb/c1-8(2,3)12-7(10)6-9(4,5)11-12;;;;;;;/h7H,6H2,1-5H3;6*1H;/q+1;;;;;;;+5/p-6. The SMILES string of the molecule is CC1(C)CC(Cl)[N+](C(C)(C)C)=N1.[Cl][Sb-]([Cl])([Cl])([Cl])([Cl])[Cl]. The van der Waals surface area contributed by atoms with Crippen molar-refractivity contribution in [3.8, 4) is 0 Å². The summed E-state index contributed by atoms with van der Waals surface area (Å²) in [4.78, 5) is 0. The van der Waals surface area contributed by atoms with Crippen LogP contribution in [0.1, 0.15) is 41.0 Å². The van der Waals surface area contributed by atoms with Crippen molar-refractivity contribution in [2.75, 3.05) is 0 Å². The van der Waals surface area contributed by atoms with Crippen LogP contribution in [-0.4, -0.2) is 30.4 Å². The van der Waals surface area contributed by atoms with E-state index in [0.717, 1.165) is 6.42 Å². The Labute approximate surface area is 139 Å². The predicted molar refractivity (Wildman–Crippen MR) is 91.7 cm³/mol. The summed E-state index contributed by atoms with van der Waals surface area (Å²) >= 11 is 6.18. The molecule has 0 amide bonds. The molecule has 1 aliphatic heterocycles. The minimum absolute atomic E-state index is 0.0136. The third-order valence-corrected chi connectivity index (χ3v) is 2.34. The van der Waals surface area contributed by atoms with E-state index in [4.69, 9.17) is 64.6 Å². The average Bonchev–Trinajstić information content (AvgIpc) is 2.15. The Kier molecular flexibility index (Phi) is 6.23. The molecular weight excluding hydrogens is 506 g/mol. The fourth-order valence-corrected chi connectivity index (χ4v) is 2.18. The molecule has 0 aromatic heterocycles. The van der Waals surface area contributed by atoms with E-state index < -0.39 is 9.14 Å². The van der Waals surface area contributed by atoms with Crippen molar-refractivity contribution in [1.82, 2.24) is 0 Å². The first-order valence-electron chi connectivity index (χ1n) is 5.40. The molecule has 1 atom stereocenters. The number of alkyl halides is 1. The normalized spacial score (nSPS) is 26.7. The summed E-state index contributed by atoms with van der Waals surface area (Å²) in [7, 11) is 25.0. The predicted octanol–water partition coefficient (Wildman–Crippen LogP) is 6.75. The monoisotopic (exact) mass is 520 g/mol. The van der Waals surface area contributed by atoms with E-state index in [9.17, 15) is 0 Å². The van der Waals surface area contributed by atoms with Gasteiger partial charge in [-0.3, -0.25) is 0 Å². The van der Waals surface area contributed by atoms with Gasteiger partial charge in [0.2, 0.25) is 0 Å². The number of halogens is 7. The number of rotatable bonds is 0. The van der Waals surface area contributed by atoms with Crippen LogP contribution < -0.4 is 0 Å². The molecule has 0 aromatic rings. The van der Waals surface area contributed by atoms with Crippen molar-refractivity contribution < 1.29 is 4.70 Å². The van der Waals surface area contributed by atoms with Crippen LogP contribution in [0.5, 0.6) is 0 Å². The Bertz CT molecular complexity index is 365. The molecule has 0 fully saturated rings. The van der Waals surface area contributed by atoms with Gasteiger partial charge in [0.1, 0.15) is 5.54 Å². The molecule has 2 nitrogen and oxygen atoms in total. The third-order valence-electron chi connectivity index (χ3n) is 2.00. The Hall–Kier alpha value is 2.45. The van der Waals surface area contributed by atoms with E-state index in [0.29, 0.717) is 0 Å². The second kappa shape index (κ2) is 5.52. The van der Waals surface area contributed by atoms with Gasteiger partial charge in [0, 0.05) is 20.8 Å². The molecule has 0 aromatic carbocycles. The molecule has 0 N–H and O–H groups in total. The summed E-state index contributed by atoms with van der Waals surface area (Å²) in [5.41, 5.74) is 0.111. The summed E-state index contributed by atoms with van der Waals surface area (Å²) in [5, 5.41) is 4.57. The van der Waals surface area contributed by atoms with Gasteiger partial charge in [0.15, 0.2) is 5.54 Å². The van der Waals surface area contributed by atoms with Gasteiger partial charge >= 0.3 is 62.1 Å². The first-order valence-corrected chi connectivity index (χ1v) is 25.2. The van der Waals surface area contributed by atoms with Crippen molar-refractivity contribution in [3.05, 3.63) is 0 Å². The molecule has 0 bridgehead atoms. The van der Waals surface area contributed by atoms with Gasteiger partial charge in [-0.25, -0.2) is 0 Å². The van der Waals surface area contributed by atoms with Crippen LogP contribution in [0.4, 0.5) is 0 Å². The molecular formula is C9H18Cl7N2Sb. The summed E-state index contributed by atoms with van der Waals surface area (Å²) < 4.78 is 2.01. The summed E-state index contributed by atoms with van der Waals surface area (Å²) in [6.07, 6.45) is 0.936. The van der Waals surface area contributed by atoms with Crippen LogP contribution in [-0.2, 0) is 0 Å². The molecule has 1 heterocycles. The molecule has 0 spiro atoms. The van der Waals surface area contributed by atoms with Crippen LogP contribution in [0.25, 0.3) is 0 Å². The van der Waals surface area contributed by atoms with E-state index in [2.05, 4.69) is 39.7 Å². The molecule has 1 aliphatic rings. The Morgan fingerprint density at radius 1 is 1.05 bits per heavy atom. The Balaban J connectivity index is 0.000000399. The zero-order chi connectivity index (χ0) is 16.0. The van der Waals surface area contributed by atoms with Gasteiger partial charge in [0.25, 0.3) is 5.50 Å². The van der Waals surface area contributed by atoms with Crippen LogP contribution in [0.3, 0.4) is 0 Å². The molecule has 10 heteroatoms. The van der Waals surface area contributed by atoms with Crippen molar-refractivity contribution in [1.29, 1.82) is 0 Å². The van der Waals surface area contributed by atoms with Crippen molar-refractivity contribution in [2.24, 2.45) is 5.11 Å². The minimum atomic E-state index is -5.42. The number of nitrogens with zero attached hydrogens (tertiary/aromatic N) is 2. The fraction of sp³-hybridized carbons (Fsp3) is 1.00. The third kappa shape index (κ3) is 13.8. The second-order valence-electron chi connectivity index (χ2n) is 6.02. The summed E-state index contributed by atoms with van der Waals surface area (Å²) in [6.45, 7) is 10.6. The maximum atomic E-state index is 6.18. The van der Waals surface area contributed by atoms with Gasteiger partial charge in [-0.05, 0) is 30.6 Å². The van der Waals surface area contributed by atoms with Crippen LogP contribution >= 0.6 is 64.6 Å². The zero-order valence-corrected chi connectivity index (χ0v) is 19.1. The van der Waals surface area contributed by atoms with Gasteiger partial charge in [0.05, 0.1) is 6.42 Å². The number of hydrogen-bond donors (Lipinski definition) is 0. The van der Waals surface area contributed by atoms with E-state index in [1.807, 2.05) is 4.70 Å².